The minimum absolute atomic E-state index is 0.306. The van der Waals surface area contributed by atoms with Gasteiger partial charge in [0.05, 0.1) is 17.9 Å². The number of aliphatic hydroxyl groups excluding tert-OH is 2. The first kappa shape index (κ1) is 23.5. The Balaban J connectivity index is 1.83. The average Bonchev–Trinajstić information content (AvgIpc) is 2.81. The van der Waals surface area contributed by atoms with E-state index >= 15 is 0 Å². The van der Waals surface area contributed by atoms with Crippen LogP contribution in [0.1, 0.15) is 46.9 Å². The van der Waals surface area contributed by atoms with Gasteiger partial charge in [-0.3, -0.25) is 4.98 Å². The number of hydrogen-bond donors (Lipinski definition) is 3. The van der Waals surface area contributed by atoms with E-state index in [2.05, 4.69) is 11.6 Å². The number of nitrogens with zero attached hydrogens (tertiary/aromatic N) is 1. The third-order valence-electron chi connectivity index (χ3n) is 5.78. The van der Waals surface area contributed by atoms with Crippen LogP contribution in [0.15, 0.2) is 79.5 Å². The maximum absolute atomic E-state index is 10.9. The summed E-state index contributed by atoms with van der Waals surface area (Å²) in [5.41, 5.74) is 5.17. The highest BCUT2D eigenvalue weighted by Gasteiger charge is 2.25. The molecule has 3 rings (SSSR count). The van der Waals surface area contributed by atoms with Crippen molar-refractivity contribution in [3.05, 3.63) is 107 Å². The van der Waals surface area contributed by atoms with Gasteiger partial charge in [-0.2, -0.15) is 0 Å². The molecule has 0 aliphatic rings. The van der Waals surface area contributed by atoms with Gasteiger partial charge in [0.15, 0.2) is 0 Å². The summed E-state index contributed by atoms with van der Waals surface area (Å²) in [5.74, 6) is -0.179. The molecule has 4 heteroatoms. The summed E-state index contributed by atoms with van der Waals surface area (Å²) in [5, 5.41) is 31.8. The van der Waals surface area contributed by atoms with Gasteiger partial charge in [-0.1, -0.05) is 42.5 Å². The van der Waals surface area contributed by atoms with Crippen molar-refractivity contribution in [2.45, 2.75) is 38.9 Å². The highest BCUT2D eigenvalue weighted by atomic mass is 16.3. The Hall–Kier alpha value is -3.21. The van der Waals surface area contributed by atoms with E-state index in [4.69, 9.17) is 0 Å². The topological polar surface area (TPSA) is 73.6 Å². The first-order valence-corrected chi connectivity index (χ1v) is 10.9. The summed E-state index contributed by atoms with van der Waals surface area (Å²) < 4.78 is 0. The second-order valence-electron chi connectivity index (χ2n) is 8.16. The number of aromatic hydroxyl groups is 1. The molecule has 0 amide bonds. The second-order valence-corrected chi connectivity index (χ2v) is 8.16. The van der Waals surface area contributed by atoms with E-state index < -0.39 is 18.1 Å². The Kier molecular flexibility index (Phi) is 7.98. The molecule has 0 unspecified atom stereocenters. The molecule has 32 heavy (non-hydrogen) atoms. The van der Waals surface area contributed by atoms with E-state index in [1.165, 1.54) is 0 Å². The number of allylic oxidation sites excluding steroid dienone is 1. The number of aromatic nitrogens is 1. The lowest BCUT2D eigenvalue weighted by Crippen LogP contribution is -2.25. The molecule has 3 aromatic rings. The van der Waals surface area contributed by atoms with Crippen LogP contribution in [0.5, 0.6) is 5.75 Å². The lowest BCUT2D eigenvalue weighted by molar-refractivity contribution is 0.0325. The van der Waals surface area contributed by atoms with Crippen LogP contribution in [-0.4, -0.2) is 26.4 Å². The van der Waals surface area contributed by atoms with Gasteiger partial charge >= 0.3 is 0 Å². The highest BCUT2D eigenvalue weighted by Crippen LogP contribution is 2.31. The second kappa shape index (κ2) is 10.9. The fourth-order valence-electron chi connectivity index (χ4n) is 3.97. The van der Waals surface area contributed by atoms with Crippen molar-refractivity contribution in [2.75, 3.05) is 0 Å². The van der Waals surface area contributed by atoms with Gasteiger partial charge in [0, 0.05) is 12.1 Å². The van der Waals surface area contributed by atoms with Gasteiger partial charge in [-0.05, 0) is 84.9 Å². The van der Waals surface area contributed by atoms with Gasteiger partial charge in [0.2, 0.25) is 0 Å². The molecule has 2 aromatic carbocycles. The number of rotatable bonds is 9. The summed E-state index contributed by atoms with van der Waals surface area (Å²) in [6.45, 7) is 7.60. The van der Waals surface area contributed by atoms with E-state index in [1.54, 1.807) is 12.3 Å². The Morgan fingerprint density at radius 3 is 2.25 bits per heavy atom. The van der Waals surface area contributed by atoms with Gasteiger partial charge < -0.3 is 15.3 Å². The fourth-order valence-corrected chi connectivity index (χ4v) is 3.97. The monoisotopic (exact) mass is 429 g/mol. The summed E-state index contributed by atoms with van der Waals surface area (Å²) in [6, 6.07) is 19.0. The van der Waals surface area contributed by atoms with Crippen molar-refractivity contribution in [1.82, 2.24) is 4.98 Å². The molecule has 1 aromatic heterocycles. The predicted molar refractivity (Wildman–Crippen MR) is 130 cm³/mol. The minimum Gasteiger partial charge on any atom is -0.507 e. The van der Waals surface area contributed by atoms with Crippen molar-refractivity contribution in [1.29, 1.82) is 0 Å². The Bertz CT molecular complexity index is 1040. The van der Waals surface area contributed by atoms with Crippen molar-refractivity contribution in [3.63, 3.8) is 0 Å². The zero-order chi connectivity index (χ0) is 23.1. The van der Waals surface area contributed by atoms with Crippen molar-refractivity contribution < 1.29 is 15.3 Å². The van der Waals surface area contributed by atoms with E-state index in [-0.39, 0.29) is 0 Å². The summed E-state index contributed by atoms with van der Waals surface area (Å²) in [6.07, 6.45) is 4.84. The number of phenols is 1. The predicted octanol–water partition coefficient (Wildman–Crippen LogP) is 5.62. The van der Waals surface area contributed by atoms with Gasteiger partial charge in [0.1, 0.15) is 5.75 Å². The third-order valence-corrected chi connectivity index (χ3v) is 5.78. The molecule has 3 atom stereocenters. The van der Waals surface area contributed by atoms with Crippen LogP contribution in [0.3, 0.4) is 0 Å². The van der Waals surface area contributed by atoms with Crippen LogP contribution >= 0.6 is 0 Å². The van der Waals surface area contributed by atoms with E-state index in [9.17, 15) is 15.3 Å². The Morgan fingerprint density at radius 1 is 1.00 bits per heavy atom. The Morgan fingerprint density at radius 2 is 1.66 bits per heavy atom. The standard InChI is InChI=1S/C28H31NO3/c1-4-24(28(32)22-10-6-5-7-11-22)26(30)14-13-23(25-12-8-9-15-29-25)18-21-16-19(2)27(31)20(3)17-21/h4-12,15-18,24,26,28,30-32H,1,13-14H2,2-3H3/b23-18-/t24-,26-,28-/m1/s1. The molecular weight excluding hydrogens is 398 g/mol. The van der Waals surface area contributed by atoms with Crippen LogP contribution in [-0.2, 0) is 0 Å². The van der Waals surface area contributed by atoms with Crippen LogP contribution < -0.4 is 0 Å². The average molecular weight is 430 g/mol. The molecule has 3 N–H and O–H groups in total. The molecule has 4 nitrogen and oxygen atoms in total. The molecule has 0 saturated heterocycles. The molecule has 0 spiro atoms. The lowest BCUT2D eigenvalue weighted by Gasteiger charge is -2.25. The first-order chi connectivity index (χ1) is 15.4. The van der Waals surface area contributed by atoms with Crippen LogP contribution in [0.4, 0.5) is 0 Å². The van der Waals surface area contributed by atoms with Crippen LogP contribution in [0.25, 0.3) is 11.6 Å². The molecule has 0 fully saturated rings. The zero-order valence-electron chi connectivity index (χ0n) is 18.6. The van der Waals surface area contributed by atoms with Gasteiger partial charge in [-0.15, -0.1) is 6.58 Å². The molecule has 0 saturated carbocycles. The first-order valence-electron chi connectivity index (χ1n) is 10.9. The molecule has 0 aliphatic heterocycles. The normalized spacial score (nSPS) is 14.6. The fraction of sp³-hybridized carbons (Fsp3) is 0.250. The lowest BCUT2D eigenvalue weighted by atomic mass is 9.87. The quantitative estimate of drug-likeness (QED) is 0.386. The van der Waals surface area contributed by atoms with Crippen molar-refractivity contribution in [3.8, 4) is 5.75 Å². The minimum atomic E-state index is -0.826. The summed E-state index contributed by atoms with van der Waals surface area (Å²) in [4.78, 5) is 4.49. The van der Waals surface area contributed by atoms with E-state index in [1.807, 2.05) is 80.6 Å². The number of pyridine rings is 1. The van der Waals surface area contributed by atoms with Gasteiger partial charge in [0.25, 0.3) is 0 Å². The smallest absolute Gasteiger partial charge is 0.121 e. The van der Waals surface area contributed by atoms with Crippen molar-refractivity contribution in [2.24, 2.45) is 5.92 Å². The molecular formula is C28H31NO3. The molecule has 1 heterocycles. The van der Waals surface area contributed by atoms with E-state index in [0.717, 1.165) is 33.5 Å². The maximum atomic E-state index is 10.9. The van der Waals surface area contributed by atoms with Gasteiger partial charge in [-0.25, -0.2) is 0 Å². The molecule has 0 bridgehead atoms. The number of aliphatic hydroxyl groups is 2. The number of aryl methyl sites for hydroxylation is 2. The molecule has 0 radical (unpaired) electrons. The van der Waals surface area contributed by atoms with E-state index in [0.29, 0.717) is 18.6 Å². The molecule has 166 valence electrons. The zero-order valence-corrected chi connectivity index (χ0v) is 18.6. The largest absolute Gasteiger partial charge is 0.507 e. The molecule has 0 aliphatic carbocycles. The number of benzene rings is 2. The third kappa shape index (κ3) is 5.72. The number of hydrogen-bond acceptors (Lipinski definition) is 4. The van der Waals surface area contributed by atoms with Crippen molar-refractivity contribution >= 4 is 11.6 Å². The number of phenolic OH excluding ortho intramolecular Hbond substituents is 1. The SMILES string of the molecule is C=C[C@H]([C@H](O)CC/C(=C/c1cc(C)c(O)c(C)c1)c1ccccn1)[C@H](O)c1ccccc1. The Labute approximate surface area is 190 Å². The maximum Gasteiger partial charge on any atom is 0.121 e. The van der Waals surface area contributed by atoms with Crippen LogP contribution in [0.2, 0.25) is 0 Å². The summed E-state index contributed by atoms with van der Waals surface area (Å²) >= 11 is 0. The van der Waals surface area contributed by atoms with Crippen LogP contribution in [0, 0.1) is 19.8 Å². The summed E-state index contributed by atoms with van der Waals surface area (Å²) in [7, 11) is 0. The highest BCUT2D eigenvalue weighted by molar-refractivity contribution is 5.80.